The van der Waals surface area contributed by atoms with Gasteiger partial charge >= 0.3 is 6.09 Å². The molecule has 4 N–H and O–H groups in total. The first-order valence-corrected chi connectivity index (χ1v) is 12.1. The number of H-pyrrole nitrogens is 1. The van der Waals surface area contributed by atoms with Crippen molar-refractivity contribution in [2.45, 2.75) is 51.9 Å². The van der Waals surface area contributed by atoms with E-state index in [1.54, 1.807) is 6.20 Å². The fourth-order valence-corrected chi connectivity index (χ4v) is 4.31. The van der Waals surface area contributed by atoms with Crippen molar-refractivity contribution in [2.75, 3.05) is 28.6 Å². The van der Waals surface area contributed by atoms with Crippen LogP contribution in [0.25, 0.3) is 22.1 Å². The molecule has 1 amide bonds. The minimum absolute atomic E-state index is 0.235. The zero-order chi connectivity index (χ0) is 25.3. The van der Waals surface area contributed by atoms with Gasteiger partial charge in [0, 0.05) is 42.4 Å². The van der Waals surface area contributed by atoms with Gasteiger partial charge in [0.05, 0.1) is 12.3 Å². The fraction of sp³-hybridized carbons (Fsp3) is 0.385. The summed E-state index contributed by atoms with van der Waals surface area (Å²) < 4.78 is 5.39. The Morgan fingerprint density at radius 3 is 2.78 bits per heavy atom. The van der Waals surface area contributed by atoms with E-state index >= 15 is 0 Å². The molecule has 0 atom stereocenters. The third-order valence-corrected chi connectivity index (χ3v) is 6.04. The predicted molar refractivity (Wildman–Crippen MR) is 140 cm³/mol. The number of aliphatic hydroxyl groups is 1. The van der Waals surface area contributed by atoms with Crippen molar-refractivity contribution < 1.29 is 14.6 Å². The van der Waals surface area contributed by atoms with E-state index in [9.17, 15) is 9.90 Å². The summed E-state index contributed by atoms with van der Waals surface area (Å²) in [4.78, 5) is 31.6. The van der Waals surface area contributed by atoms with Gasteiger partial charge in [-0.3, -0.25) is 5.32 Å². The lowest BCUT2D eigenvalue weighted by Crippen LogP contribution is -2.36. The summed E-state index contributed by atoms with van der Waals surface area (Å²) in [7, 11) is 0. The van der Waals surface area contributed by atoms with Gasteiger partial charge in [-0.25, -0.2) is 19.7 Å². The van der Waals surface area contributed by atoms with Crippen LogP contribution in [0.2, 0.25) is 0 Å². The van der Waals surface area contributed by atoms with E-state index in [4.69, 9.17) is 9.72 Å². The van der Waals surface area contributed by atoms with E-state index in [2.05, 4.69) is 30.5 Å². The maximum Gasteiger partial charge on any atom is 0.412 e. The quantitative estimate of drug-likeness (QED) is 0.324. The lowest BCUT2D eigenvalue weighted by molar-refractivity contribution is 0.0636. The number of aromatic nitrogens is 4. The van der Waals surface area contributed by atoms with Crippen LogP contribution in [0, 0.1) is 0 Å². The number of amides is 1. The highest BCUT2D eigenvalue weighted by Crippen LogP contribution is 2.25. The van der Waals surface area contributed by atoms with E-state index in [1.165, 1.54) is 0 Å². The number of fused-ring (bicyclic) bond motifs is 2. The van der Waals surface area contributed by atoms with E-state index in [0.717, 1.165) is 53.7 Å². The lowest BCUT2D eigenvalue weighted by Gasteiger charge is -2.30. The second-order valence-corrected chi connectivity index (χ2v) is 10.0. The molecule has 1 aliphatic rings. The highest BCUT2D eigenvalue weighted by Gasteiger charge is 2.19. The van der Waals surface area contributed by atoms with Gasteiger partial charge in [0.2, 0.25) is 0 Å². The van der Waals surface area contributed by atoms with Crippen LogP contribution in [0.5, 0.6) is 0 Å². The van der Waals surface area contributed by atoms with Crippen molar-refractivity contribution in [2.24, 2.45) is 0 Å². The number of rotatable bonds is 5. The second kappa shape index (κ2) is 9.62. The molecule has 0 spiro atoms. The first-order chi connectivity index (χ1) is 17.2. The molecule has 0 aliphatic carbocycles. The number of benzene rings is 1. The molecule has 10 heteroatoms. The normalized spacial score (nSPS) is 14.8. The second-order valence-electron chi connectivity index (χ2n) is 10.0. The van der Waals surface area contributed by atoms with Crippen molar-refractivity contribution in [3.8, 4) is 0 Å². The maximum atomic E-state index is 12.3. The van der Waals surface area contributed by atoms with Crippen LogP contribution < -0.4 is 15.5 Å². The summed E-state index contributed by atoms with van der Waals surface area (Å²) >= 11 is 0. The van der Waals surface area contributed by atoms with Crippen molar-refractivity contribution in [1.29, 1.82) is 0 Å². The Morgan fingerprint density at radius 1 is 1.19 bits per heavy atom. The van der Waals surface area contributed by atoms with E-state index in [1.807, 2.05) is 57.3 Å². The van der Waals surface area contributed by atoms with E-state index in [-0.39, 0.29) is 6.10 Å². The molecular weight excluding hydrogens is 458 g/mol. The molecule has 4 heterocycles. The molecule has 5 rings (SSSR count). The predicted octanol–water partition coefficient (Wildman–Crippen LogP) is 4.43. The van der Waals surface area contributed by atoms with Gasteiger partial charge in [-0.15, -0.1) is 0 Å². The summed E-state index contributed by atoms with van der Waals surface area (Å²) in [6.45, 7) is 7.50. The third-order valence-electron chi connectivity index (χ3n) is 6.04. The molecule has 4 aromatic rings. The lowest BCUT2D eigenvalue weighted by atomic mass is 10.1. The molecule has 0 saturated carbocycles. The number of pyridine rings is 1. The number of aromatic amines is 1. The molecule has 0 unspecified atom stereocenters. The number of carbonyl (C=O) groups is 1. The molecule has 1 aliphatic heterocycles. The molecule has 10 nitrogen and oxygen atoms in total. The van der Waals surface area contributed by atoms with Crippen molar-refractivity contribution in [3.05, 3.63) is 48.3 Å². The van der Waals surface area contributed by atoms with E-state index in [0.29, 0.717) is 23.7 Å². The Kier molecular flexibility index (Phi) is 6.36. The van der Waals surface area contributed by atoms with Crippen LogP contribution in [0.3, 0.4) is 0 Å². The number of aliphatic hydroxyl groups excluding tert-OH is 1. The number of ether oxygens (including phenoxy) is 1. The fourth-order valence-electron chi connectivity index (χ4n) is 4.31. The summed E-state index contributed by atoms with van der Waals surface area (Å²) in [6.07, 6.45) is 4.30. The maximum absolute atomic E-state index is 12.3. The molecule has 1 saturated heterocycles. The Labute approximate surface area is 209 Å². The zero-order valence-corrected chi connectivity index (χ0v) is 20.7. The third kappa shape index (κ3) is 5.49. The molecule has 1 aromatic carbocycles. The molecule has 3 aromatic heterocycles. The Balaban J connectivity index is 1.33. The first kappa shape index (κ1) is 23.8. The molecule has 188 valence electrons. The van der Waals surface area contributed by atoms with Crippen LogP contribution >= 0.6 is 0 Å². The Hall–Kier alpha value is -3.92. The number of hydrogen-bond donors (Lipinski definition) is 4. The molecule has 1 fully saturated rings. The van der Waals surface area contributed by atoms with Gasteiger partial charge in [-0.2, -0.15) is 0 Å². The summed E-state index contributed by atoms with van der Waals surface area (Å²) in [5.74, 6) is 1.45. The van der Waals surface area contributed by atoms with E-state index < -0.39 is 11.7 Å². The van der Waals surface area contributed by atoms with Crippen LogP contribution in [-0.4, -0.2) is 55.9 Å². The van der Waals surface area contributed by atoms with Crippen LogP contribution in [0.15, 0.2) is 42.7 Å². The first-order valence-electron chi connectivity index (χ1n) is 12.1. The van der Waals surface area contributed by atoms with Gasteiger partial charge in [0.15, 0.2) is 5.65 Å². The number of nitrogens with zero attached hydrogens (tertiary/aromatic N) is 4. The molecule has 0 bridgehead atoms. The van der Waals surface area contributed by atoms with Crippen molar-refractivity contribution in [3.63, 3.8) is 0 Å². The minimum Gasteiger partial charge on any atom is -0.444 e. The average Bonchev–Trinajstić information content (AvgIpc) is 3.30. The monoisotopic (exact) mass is 489 g/mol. The zero-order valence-electron chi connectivity index (χ0n) is 20.7. The number of piperidine rings is 1. The highest BCUT2D eigenvalue weighted by atomic mass is 16.6. The topological polar surface area (TPSA) is 128 Å². The van der Waals surface area contributed by atoms with Crippen LogP contribution in [-0.2, 0) is 11.3 Å². The highest BCUT2D eigenvalue weighted by molar-refractivity contribution is 5.92. The largest absolute Gasteiger partial charge is 0.444 e. The average molecular weight is 490 g/mol. The van der Waals surface area contributed by atoms with Gasteiger partial charge in [0.25, 0.3) is 0 Å². The van der Waals surface area contributed by atoms with Crippen molar-refractivity contribution in [1.82, 2.24) is 19.9 Å². The summed E-state index contributed by atoms with van der Waals surface area (Å²) in [6, 6.07) is 9.67. The Bertz CT molecular complexity index is 1390. The van der Waals surface area contributed by atoms with Crippen LogP contribution in [0.1, 0.15) is 39.2 Å². The smallest absolute Gasteiger partial charge is 0.412 e. The van der Waals surface area contributed by atoms with Gasteiger partial charge < -0.3 is 25.0 Å². The molecule has 0 radical (unpaired) electrons. The van der Waals surface area contributed by atoms with Crippen LogP contribution in [0.4, 0.5) is 22.1 Å². The van der Waals surface area contributed by atoms with Gasteiger partial charge in [-0.1, -0.05) is 0 Å². The standard InChI is InChI=1S/C26H31N7O3/c1-26(2,3)36-25(35)30-17-12-16(19-6-9-27-21(19)13-17)14-29-22-15-28-20-4-5-23(32-24(20)31-22)33-10-7-18(34)8-11-33/h4-6,9,12-13,15,18,27,34H,7-8,10-11,14H2,1-3H3,(H,30,35)(H,29,31,32). The number of nitrogens with one attached hydrogen (secondary N) is 3. The van der Waals surface area contributed by atoms with Crippen molar-refractivity contribution >= 4 is 45.5 Å². The molecule has 36 heavy (non-hydrogen) atoms. The molecular formula is C26H31N7O3. The number of anilines is 3. The Morgan fingerprint density at radius 2 is 2.00 bits per heavy atom. The van der Waals surface area contributed by atoms with Gasteiger partial charge in [-0.05, 0) is 69.5 Å². The summed E-state index contributed by atoms with van der Waals surface area (Å²) in [5, 5.41) is 17.0. The minimum atomic E-state index is -0.580. The summed E-state index contributed by atoms with van der Waals surface area (Å²) in [5.41, 5.74) is 3.23. The number of hydrogen-bond acceptors (Lipinski definition) is 8. The SMILES string of the molecule is CC(C)(C)OC(=O)Nc1cc(CNc2cnc3ccc(N4CCC(O)CC4)nc3n2)c2cc[nH]c2c1. The van der Waals surface area contributed by atoms with Gasteiger partial charge in [0.1, 0.15) is 22.8 Å². The number of carbonyl (C=O) groups excluding carboxylic acids is 1.